The molecular weight excluding hydrogens is 252 g/mol. The van der Waals surface area contributed by atoms with Gasteiger partial charge in [-0.1, -0.05) is 25.3 Å². The van der Waals surface area contributed by atoms with Gasteiger partial charge >= 0.3 is 0 Å². The van der Waals surface area contributed by atoms with Crippen LogP contribution < -0.4 is 5.32 Å². The zero-order valence-corrected chi connectivity index (χ0v) is 12.2. The molecule has 1 fully saturated rings. The highest BCUT2D eigenvalue weighted by atomic mass is 16.5. The van der Waals surface area contributed by atoms with Gasteiger partial charge in [0.2, 0.25) is 0 Å². The maximum atomic E-state index is 11.8. The summed E-state index contributed by atoms with van der Waals surface area (Å²) in [5.41, 5.74) is 1.34. The predicted octanol–water partition coefficient (Wildman–Crippen LogP) is 2.86. The summed E-state index contributed by atoms with van der Waals surface area (Å²) in [6.07, 6.45) is 7.62. The number of aromatic nitrogens is 1. The number of aryl methyl sites for hydroxylation is 1. The van der Waals surface area contributed by atoms with Crippen molar-refractivity contribution in [1.82, 2.24) is 10.3 Å². The van der Waals surface area contributed by atoms with Crippen molar-refractivity contribution in [2.45, 2.75) is 51.6 Å². The monoisotopic (exact) mass is 276 g/mol. The number of carbonyl (C=O) groups excluding carboxylic acids is 1. The standard InChI is InChI=1S/C16H24N2O2/c1-13-7-5-10-15(18-13)16(19)17-11-6-12-20-14-8-3-2-4-9-14/h5,7,10,14H,2-4,6,8-9,11-12H2,1H3,(H,17,19). The van der Waals surface area contributed by atoms with E-state index in [2.05, 4.69) is 10.3 Å². The molecule has 4 nitrogen and oxygen atoms in total. The summed E-state index contributed by atoms with van der Waals surface area (Å²) < 4.78 is 5.82. The second-order valence-corrected chi connectivity index (χ2v) is 5.40. The topological polar surface area (TPSA) is 51.2 Å². The molecule has 0 aliphatic heterocycles. The lowest BCUT2D eigenvalue weighted by Crippen LogP contribution is -2.27. The van der Waals surface area contributed by atoms with Crippen LogP contribution >= 0.6 is 0 Å². The van der Waals surface area contributed by atoms with Gasteiger partial charge in [-0.05, 0) is 38.3 Å². The second kappa shape index (κ2) is 8.00. The zero-order chi connectivity index (χ0) is 14.2. The van der Waals surface area contributed by atoms with Crippen molar-refractivity contribution in [1.29, 1.82) is 0 Å². The molecule has 1 aliphatic rings. The first kappa shape index (κ1) is 15.0. The maximum absolute atomic E-state index is 11.8. The molecule has 1 aromatic rings. The number of hydrogen-bond donors (Lipinski definition) is 1. The van der Waals surface area contributed by atoms with Gasteiger partial charge in [0.1, 0.15) is 5.69 Å². The molecule has 2 rings (SSSR count). The molecule has 1 amide bonds. The summed E-state index contributed by atoms with van der Waals surface area (Å²) in [5, 5.41) is 2.88. The van der Waals surface area contributed by atoms with E-state index in [4.69, 9.17) is 4.74 Å². The van der Waals surface area contributed by atoms with Crippen molar-refractivity contribution in [2.24, 2.45) is 0 Å². The lowest BCUT2D eigenvalue weighted by atomic mass is 9.98. The number of nitrogens with one attached hydrogen (secondary N) is 1. The minimum atomic E-state index is -0.105. The fourth-order valence-corrected chi connectivity index (χ4v) is 2.52. The van der Waals surface area contributed by atoms with E-state index in [1.165, 1.54) is 32.1 Å². The lowest BCUT2D eigenvalue weighted by Gasteiger charge is -2.21. The molecule has 0 radical (unpaired) electrons. The summed E-state index contributed by atoms with van der Waals surface area (Å²) in [6.45, 7) is 3.25. The molecule has 1 saturated carbocycles. The highest BCUT2D eigenvalue weighted by Crippen LogP contribution is 2.20. The number of carbonyl (C=O) groups is 1. The minimum absolute atomic E-state index is 0.105. The summed E-state index contributed by atoms with van der Waals surface area (Å²) in [4.78, 5) is 16.0. The van der Waals surface area contributed by atoms with Crippen molar-refractivity contribution in [3.8, 4) is 0 Å². The number of nitrogens with zero attached hydrogens (tertiary/aromatic N) is 1. The van der Waals surface area contributed by atoms with E-state index in [9.17, 15) is 4.79 Å². The molecule has 20 heavy (non-hydrogen) atoms. The first-order chi connectivity index (χ1) is 9.75. The molecule has 0 spiro atoms. The van der Waals surface area contributed by atoms with Gasteiger partial charge in [0, 0.05) is 18.8 Å². The van der Waals surface area contributed by atoms with Crippen molar-refractivity contribution >= 4 is 5.91 Å². The van der Waals surface area contributed by atoms with Gasteiger partial charge < -0.3 is 10.1 Å². The third kappa shape index (κ3) is 4.93. The normalized spacial score (nSPS) is 16.1. The number of hydrogen-bond acceptors (Lipinski definition) is 3. The number of ether oxygens (including phenoxy) is 1. The van der Waals surface area contributed by atoms with Crippen LogP contribution in [-0.2, 0) is 4.74 Å². The summed E-state index contributed by atoms with van der Waals surface area (Å²) in [6, 6.07) is 5.47. The molecule has 110 valence electrons. The third-order valence-corrected chi connectivity index (χ3v) is 3.63. The molecule has 1 aromatic heterocycles. The van der Waals surface area contributed by atoms with E-state index in [0.717, 1.165) is 18.7 Å². The van der Waals surface area contributed by atoms with Gasteiger partial charge in [0.15, 0.2) is 0 Å². The Hall–Kier alpha value is -1.42. The number of pyridine rings is 1. The van der Waals surface area contributed by atoms with Gasteiger partial charge in [-0.15, -0.1) is 0 Å². The molecule has 1 N–H and O–H groups in total. The SMILES string of the molecule is Cc1cccc(C(=O)NCCCOC2CCCCC2)n1. The van der Waals surface area contributed by atoms with E-state index < -0.39 is 0 Å². The van der Waals surface area contributed by atoms with Crippen molar-refractivity contribution < 1.29 is 9.53 Å². The zero-order valence-electron chi connectivity index (χ0n) is 12.2. The smallest absolute Gasteiger partial charge is 0.269 e. The fourth-order valence-electron chi connectivity index (χ4n) is 2.52. The van der Waals surface area contributed by atoms with E-state index in [-0.39, 0.29) is 5.91 Å². The molecule has 0 bridgehead atoms. The predicted molar refractivity (Wildman–Crippen MR) is 78.7 cm³/mol. The first-order valence-corrected chi connectivity index (χ1v) is 7.59. The van der Waals surface area contributed by atoms with Crippen LogP contribution in [0.5, 0.6) is 0 Å². The molecule has 0 unspecified atom stereocenters. The van der Waals surface area contributed by atoms with Crippen LogP contribution in [0.3, 0.4) is 0 Å². The molecule has 1 aliphatic carbocycles. The molecule has 4 heteroatoms. The Balaban J connectivity index is 1.59. The van der Waals surface area contributed by atoms with Crippen molar-refractivity contribution in [3.05, 3.63) is 29.6 Å². The highest BCUT2D eigenvalue weighted by Gasteiger charge is 2.13. The van der Waals surface area contributed by atoms with Crippen molar-refractivity contribution in [2.75, 3.05) is 13.2 Å². The van der Waals surface area contributed by atoms with Crippen LogP contribution in [0.25, 0.3) is 0 Å². The van der Waals surface area contributed by atoms with Gasteiger partial charge in [-0.25, -0.2) is 4.98 Å². The molecule has 0 aromatic carbocycles. The summed E-state index contributed by atoms with van der Waals surface area (Å²) in [7, 11) is 0. The molecule has 0 atom stereocenters. The van der Waals surface area contributed by atoms with E-state index >= 15 is 0 Å². The molecular formula is C16H24N2O2. The van der Waals surface area contributed by atoms with Crippen LogP contribution in [0.4, 0.5) is 0 Å². The van der Waals surface area contributed by atoms with Crippen LogP contribution in [0.1, 0.15) is 54.7 Å². The fraction of sp³-hybridized carbons (Fsp3) is 0.625. The Morgan fingerprint density at radius 1 is 1.35 bits per heavy atom. The van der Waals surface area contributed by atoms with Crippen LogP contribution in [0.15, 0.2) is 18.2 Å². The van der Waals surface area contributed by atoms with Gasteiger partial charge in [-0.3, -0.25) is 4.79 Å². The average molecular weight is 276 g/mol. The minimum Gasteiger partial charge on any atom is -0.378 e. The van der Waals surface area contributed by atoms with Crippen LogP contribution in [-0.4, -0.2) is 30.1 Å². The number of rotatable bonds is 6. The Morgan fingerprint density at radius 2 is 2.15 bits per heavy atom. The van der Waals surface area contributed by atoms with Crippen LogP contribution in [0, 0.1) is 6.92 Å². The average Bonchev–Trinajstić information content (AvgIpc) is 2.48. The quantitative estimate of drug-likeness (QED) is 0.813. The van der Waals surface area contributed by atoms with E-state index in [0.29, 0.717) is 18.3 Å². The third-order valence-electron chi connectivity index (χ3n) is 3.63. The van der Waals surface area contributed by atoms with Crippen LogP contribution in [0.2, 0.25) is 0 Å². The first-order valence-electron chi connectivity index (χ1n) is 7.59. The van der Waals surface area contributed by atoms with E-state index in [1.54, 1.807) is 6.07 Å². The lowest BCUT2D eigenvalue weighted by molar-refractivity contribution is 0.0273. The van der Waals surface area contributed by atoms with E-state index in [1.807, 2.05) is 19.1 Å². The molecule has 0 saturated heterocycles. The van der Waals surface area contributed by atoms with Gasteiger partial charge in [0.05, 0.1) is 6.10 Å². The molecule has 1 heterocycles. The number of amides is 1. The second-order valence-electron chi connectivity index (χ2n) is 5.40. The van der Waals surface area contributed by atoms with Gasteiger partial charge in [-0.2, -0.15) is 0 Å². The summed E-state index contributed by atoms with van der Waals surface area (Å²) in [5.74, 6) is -0.105. The Kier molecular flexibility index (Phi) is 5.99. The Bertz CT molecular complexity index is 428. The van der Waals surface area contributed by atoms with Gasteiger partial charge in [0.25, 0.3) is 5.91 Å². The largest absolute Gasteiger partial charge is 0.378 e. The van der Waals surface area contributed by atoms with Crippen molar-refractivity contribution in [3.63, 3.8) is 0 Å². The Labute approximate surface area is 120 Å². The highest BCUT2D eigenvalue weighted by molar-refractivity contribution is 5.92. The Morgan fingerprint density at radius 3 is 2.90 bits per heavy atom. The summed E-state index contributed by atoms with van der Waals surface area (Å²) >= 11 is 0. The maximum Gasteiger partial charge on any atom is 0.269 e.